The Bertz CT molecular complexity index is 780. The maximum absolute atomic E-state index is 12.1. The van der Waals surface area contributed by atoms with E-state index in [9.17, 15) is 10.1 Å². The predicted octanol–water partition coefficient (Wildman–Crippen LogP) is 3.35. The third kappa shape index (κ3) is 4.01. The number of ether oxygens (including phenoxy) is 1. The summed E-state index contributed by atoms with van der Waals surface area (Å²) in [7, 11) is 0. The van der Waals surface area contributed by atoms with Crippen LogP contribution in [0, 0.1) is 11.3 Å². The average Bonchev–Trinajstić information content (AvgIpc) is 2.59. The molecule has 0 saturated carbocycles. The molecule has 0 fully saturated rings. The Kier molecular flexibility index (Phi) is 5.97. The second-order valence-electron chi connectivity index (χ2n) is 5.10. The number of H-pyrrole nitrogens is 1. The molecule has 1 atom stereocenters. The third-order valence-electron chi connectivity index (χ3n) is 3.57. The molecule has 0 radical (unpaired) electrons. The number of thioether (sulfide) groups is 1. The number of nitrogens with zero attached hydrogens (tertiary/aromatic N) is 2. The van der Waals surface area contributed by atoms with Gasteiger partial charge in [-0.15, -0.1) is 0 Å². The Morgan fingerprint density at radius 2 is 2.17 bits per heavy atom. The zero-order valence-corrected chi connectivity index (χ0v) is 14.2. The van der Waals surface area contributed by atoms with Crippen LogP contribution in [0.5, 0.6) is 0 Å². The van der Waals surface area contributed by atoms with Crippen LogP contribution in [0.1, 0.15) is 31.4 Å². The van der Waals surface area contributed by atoms with Gasteiger partial charge >= 0.3 is 0 Å². The minimum atomic E-state index is -0.417. The fourth-order valence-electron chi connectivity index (χ4n) is 2.07. The van der Waals surface area contributed by atoms with Crippen molar-refractivity contribution in [3.8, 4) is 17.3 Å². The Morgan fingerprint density at radius 1 is 1.43 bits per heavy atom. The van der Waals surface area contributed by atoms with E-state index in [0.717, 1.165) is 17.5 Å². The number of aromatic nitrogens is 2. The van der Waals surface area contributed by atoms with Crippen molar-refractivity contribution >= 4 is 11.8 Å². The molecule has 1 aromatic heterocycles. The summed E-state index contributed by atoms with van der Waals surface area (Å²) < 4.78 is 5.80. The molecule has 6 heteroatoms. The summed E-state index contributed by atoms with van der Waals surface area (Å²) in [6.07, 6.45) is 2.89. The first-order valence-electron chi connectivity index (χ1n) is 7.39. The van der Waals surface area contributed by atoms with Gasteiger partial charge in [-0.05, 0) is 25.2 Å². The van der Waals surface area contributed by atoms with Crippen molar-refractivity contribution in [3.63, 3.8) is 0 Å². The average molecular weight is 329 g/mol. The van der Waals surface area contributed by atoms with Crippen LogP contribution in [0.4, 0.5) is 0 Å². The van der Waals surface area contributed by atoms with Crippen molar-refractivity contribution in [2.45, 2.75) is 38.1 Å². The molecular weight excluding hydrogens is 310 g/mol. The van der Waals surface area contributed by atoms with Gasteiger partial charge in [0.1, 0.15) is 11.6 Å². The molecule has 0 aliphatic rings. The van der Waals surface area contributed by atoms with Crippen LogP contribution in [0.15, 0.2) is 34.2 Å². The molecule has 0 saturated heterocycles. The number of nitriles is 1. The van der Waals surface area contributed by atoms with Gasteiger partial charge in [0.25, 0.3) is 5.56 Å². The van der Waals surface area contributed by atoms with Crippen LogP contribution in [-0.2, 0) is 11.3 Å². The van der Waals surface area contributed by atoms with E-state index in [1.54, 1.807) is 0 Å². The van der Waals surface area contributed by atoms with Gasteiger partial charge in [-0.1, -0.05) is 43.0 Å². The number of rotatable bonds is 6. The Morgan fingerprint density at radius 3 is 2.83 bits per heavy atom. The van der Waals surface area contributed by atoms with Crippen LogP contribution in [0.3, 0.4) is 0 Å². The Balaban J connectivity index is 2.52. The smallest absolute Gasteiger partial charge is 0.270 e. The minimum Gasteiger partial charge on any atom is -0.374 e. The zero-order chi connectivity index (χ0) is 16.8. The van der Waals surface area contributed by atoms with Gasteiger partial charge in [-0.25, -0.2) is 4.98 Å². The molecule has 1 unspecified atom stereocenters. The van der Waals surface area contributed by atoms with Crippen molar-refractivity contribution in [3.05, 3.63) is 45.7 Å². The highest BCUT2D eigenvalue weighted by Gasteiger charge is 2.16. The number of benzene rings is 1. The maximum Gasteiger partial charge on any atom is 0.270 e. The standard InChI is InChI=1S/C17H19N3O2S/c1-4-11(2)22-10-12-7-5-6-8-13(12)15-14(9-18)16(21)20-17(19-15)23-3/h5-8,11H,4,10H2,1-3H3,(H,19,20,21). The monoisotopic (exact) mass is 329 g/mol. The van der Waals surface area contributed by atoms with E-state index in [4.69, 9.17) is 4.74 Å². The maximum atomic E-state index is 12.1. The summed E-state index contributed by atoms with van der Waals surface area (Å²) in [6, 6.07) is 9.53. The van der Waals surface area contributed by atoms with Crippen LogP contribution >= 0.6 is 11.8 Å². The van der Waals surface area contributed by atoms with Crippen molar-refractivity contribution < 1.29 is 4.74 Å². The van der Waals surface area contributed by atoms with Crippen molar-refractivity contribution in [2.24, 2.45) is 0 Å². The summed E-state index contributed by atoms with van der Waals surface area (Å²) in [5.41, 5.74) is 1.69. The first-order chi connectivity index (χ1) is 11.1. The van der Waals surface area contributed by atoms with Gasteiger partial charge in [-0.3, -0.25) is 4.79 Å². The molecule has 2 aromatic rings. The summed E-state index contributed by atoms with van der Waals surface area (Å²) >= 11 is 1.33. The molecule has 5 nitrogen and oxygen atoms in total. The lowest BCUT2D eigenvalue weighted by molar-refractivity contribution is 0.0511. The second kappa shape index (κ2) is 7.95. The summed E-state index contributed by atoms with van der Waals surface area (Å²) in [6.45, 7) is 4.49. The highest BCUT2D eigenvalue weighted by Crippen LogP contribution is 2.25. The van der Waals surface area contributed by atoms with Crippen LogP contribution in [0.25, 0.3) is 11.3 Å². The van der Waals surface area contributed by atoms with Crippen molar-refractivity contribution in [1.29, 1.82) is 5.26 Å². The lowest BCUT2D eigenvalue weighted by atomic mass is 10.0. The van der Waals surface area contributed by atoms with Gasteiger partial charge in [-0.2, -0.15) is 5.26 Å². The molecule has 0 aliphatic heterocycles. The van der Waals surface area contributed by atoms with E-state index in [-0.39, 0.29) is 11.7 Å². The van der Waals surface area contributed by atoms with E-state index in [1.807, 2.05) is 43.5 Å². The first kappa shape index (κ1) is 17.3. The van der Waals surface area contributed by atoms with Gasteiger partial charge in [0.05, 0.1) is 18.4 Å². The SMILES string of the molecule is CCC(C)OCc1ccccc1-c1nc(SC)[nH]c(=O)c1C#N. The number of hydrogen-bond donors (Lipinski definition) is 1. The molecule has 1 heterocycles. The number of aromatic amines is 1. The molecule has 23 heavy (non-hydrogen) atoms. The normalized spacial score (nSPS) is 11.9. The summed E-state index contributed by atoms with van der Waals surface area (Å²) in [5.74, 6) is 0. The second-order valence-corrected chi connectivity index (χ2v) is 5.89. The Labute approximate surface area is 139 Å². The fourth-order valence-corrected chi connectivity index (χ4v) is 2.45. The molecule has 0 amide bonds. The van der Waals surface area contributed by atoms with Crippen molar-refractivity contribution in [2.75, 3.05) is 6.26 Å². The van der Waals surface area contributed by atoms with E-state index in [0.29, 0.717) is 17.5 Å². The molecule has 0 bridgehead atoms. The highest BCUT2D eigenvalue weighted by atomic mass is 32.2. The van der Waals surface area contributed by atoms with Gasteiger partial charge < -0.3 is 9.72 Å². The van der Waals surface area contributed by atoms with Crippen molar-refractivity contribution in [1.82, 2.24) is 9.97 Å². The lowest BCUT2D eigenvalue weighted by Crippen LogP contribution is -2.15. The number of hydrogen-bond acceptors (Lipinski definition) is 5. The minimum absolute atomic E-state index is 0.0267. The summed E-state index contributed by atoms with van der Waals surface area (Å²) in [4.78, 5) is 19.1. The topological polar surface area (TPSA) is 78.8 Å². The molecule has 1 aromatic carbocycles. The first-order valence-corrected chi connectivity index (χ1v) is 8.61. The molecule has 120 valence electrons. The molecule has 2 rings (SSSR count). The molecule has 1 N–H and O–H groups in total. The largest absolute Gasteiger partial charge is 0.374 e. The van der Waals surface area contributed by atoms with Gasteiger partial charge in [0, 0.05) is 5.56 Å². The van der Waals surface area contributed by atoms with Crippen LogP contribution < -0.4 is 5.56 Å². The molecule has 0 aliphatic carbocycles. The third-order valence-corrected chi connectivity index (χ3v) is 4.15. The van der Waals surface area contributed by atoms with Crippen LogP contribution in [0.2, 0.25) is 0 Å². The van der Waals surface area contributed by atoms with Gasteiger partial charge in [0.15, 0.2) is 5.16 Å². The zero-order valence-electron chi connectivity index (χ0n) is 13.4. The van der Waals surface area contributed by atoms with Crippen LogP contribution in [-0.4, -0.2) is 22.3 Å². The highest BCUT2D eigenvalue weighted by molar-refractivity contribution is 7.98. The summed E-state index contributed by atoms with van der Waals surface area (Å²) in [5, 5.41) is 9.81. The van der Waals surface area contributed by atoms with E-state index in [1.165, 1.54) is 11.8 Å². The van der Waals surface area contributed by atoms with E-state index < -0.39 is 5.56 Å². The van der Waals surface area contributed by atoms with E-state index in [2.05, 4.69) is 16.9 Å². The predicted molar refractivity (Wildman–Crippen MR) is 91.3 cm³/mol. The van der Waals surface area contributed by atoms with Gasteiger partial charge in [0.2, 0.25) is 0 Å². The Hall–Kier alpha value is -2.10. The van der Waals surface area contributed by atoms with E-state index >= 15 is 0 Å². The molecular formula is C17H19N3O2S. The lowest BCUT2D eigenvalue weighted by Gasteiger charge is -2.14. The number of nitrogens with one attached hydrogen (secondary N) is 1. The quantitative estimate of drug-likeness (QED) is 0.649. The molecule has 0 spiro atoms. The fraction of sp³-hybridized carbons (Fsp3) is 0.353.